The van der Waals surface area contributed by atoms with Crippen molar-refractivity contribution >= 4 is 45.9 Å². The van der Waals surface area contributed by atoms with Gasteiger partial charge in [-0.2, -0.15) is 4.99 Å². The van der Waals surface area contributed by atoms with Crippen LogP contribution in [0.3, 0.4) is 0 Å². The number of anilines is 3. The summed E-state index contributed by atoms with van der Waals surface area (Å²) in [6.07, 6.45) is -3.33. The average molecular weight is 638 g/mol. The summed E-state index contributed by atoms with van der Waals surface area (Å²) in [5.41, 5.74) is 5.00. The summed E-state index contributed by atoms with van der Waals surface area (Å²) >= 11 is 1.21. The maximum absolute atomic E-state index is 13.1. The molecule has 1 aromatic heterocycles. The zero-order valence-corrected chi connectivity index (χ0v) is 25.9. The van der Waals surface area contributed by atoms with Crippen LogP contribution >= 0.6 is 11.8 Å². The van der Waals surface area contributed by atoms with Gasteiger partial charge in [-0.3, -0.25) is 9.69 Å². The number of carbonyl (C=O) groups excluding carboxylic acids is 2. The molecular formula is C31H30F3N7O3S. The Hall–Kier alpha value is -4.85. The third-order valence-electron chi connectivity index (χ3n) is 6.91. The molecule has 0 bridgehead atoms. The van der Waals surface area contributed by atoms with E-state index in [4.69, 9.17) is 0 Å². The second-order valence-corrected chi connectivity index (χ2v) is 11.7. The number of amidine groups is 1. The van der Waals surface area contributed by atoms with Crippen molar-refractivity contribution in [3.8, 4) is 22.8 Å². The van der Waals surface area contributed by atoms with E-state index in [0.29, 0.717) is 33.6 Å². The Kier molecular flexibility index (Phi) is 8.87. The second kappa shape index (κ2) is 12.6. The number of aliphatic imine (C=N–C) groups is 1. The molecule has 234 valence electrons. The van der Waals surface area contributed by atoms with E-state index in [1.54, 1.807) is 18.2 Å². The summed E-state index contributed by atoms with van der Waals surface area (Å²) in [6.45, 7) is 5.91. The summed E-state index contributed by atoms with van der Waals surface area (Å²) in [5, 5.41) is 7.53. The Balaban J connectivity index is 1.32. The number of aromatic nitrogens is 3. The predicted octanol–water partition coefficient (Wildman–Crippen LogP) is 7.00. The van der Waals surface area contributed by atoms with Crippen LogP contribution in [0.2, 0.25) is 0 Å². The first-order chi connectivity index (χ1) is 21.3. The number of hydrogen-bond donors (Lipinski definition) is 1. The van der Waals surface area contributed by atoms with Gasteiger partial charge in [0.15, 0.2) is 11.0 Å². The van der Waals surface area contributed by atoms with Gasteiger partial charge >= 0.3 is 12.4 Å². The first-order valence-corrected chi connectivity index (χ1v) is 14.8. The summed E-state index contributed by atoms with van der Waals surface area (Å²) in [6, 6.07) is 15.8. The lowest BCUT2D eigenvalue weighted by Gasteiger charge is -2.24. The molecule has 0 radical (unpaired) electrons. The van der Waals surface area contributed by atoms with Crippen LogP contribution in [0.5, 0.6) is 5.75 Å². The van der Waals surface area contributed by atoms with Crippen LogP contribution in [0, 0.1) is 6.92 Å². The number of nitrogens with one attached hydrogen (secondary N) is 1. The van der Waals surface area contributed by atoms with Crippen LogP contribution in [-0.2, 0) is 4.79 Å². The van der Waals surface area contributed by atoms with Gasteiger partial charge in [0.1, 0.15) is 12.1 Å². The normalized spacial score (nSPS) is 14.4. The van der Waals surface area contributed by atoms with E-state index in [1.807, 2.05) is 58.0 Å². The number of carbonyl (C=O) groups is 2. The molecule has 45 heavy (non-hydrogen) atoms. The number of alkyl halides is 3. The highest BCUT2D eigenvalue weighted by Crippen LogP contribution is 2.36. The third-order valence-corrected chi connectivity index (χ3v) is 7.83. The fourth-order valence-electron chi connectivity index (χ4n) is 4.67. The van der Waals surface area contributed by atoms with E-state index in [9.17, 15) is 22.8 Å². The number of urea groups is 1. The van der Waals surface area contributed by atoms with Gasteiger partial charge in [0.05, 0.1) is 17.1 Å². The summed E-state index contributed by atoms with van der Waals surface area (Å²) in [4.78, 5) is 38.1. The van der Waals surface area contributed by atoms with Crippen molar-refractivity contribution in [2.24, 2.45) is 4.99 Å². The van der Waals surface area contributed by atoms with E-state index in [1.165, 1.54) is 51.9 Å². The Morgan fingerprint density at radius 1 is 1.09 bits per heavy atom. The molecule has 0 atom stereocenters. The minimum Gasteiger partial charge on any atom is -0.406 e. The Bertz CT molecular complexity index is 1770. The van der Waals surface area contributed by atoms with Gasteiger partial charge in [-0.15, -0.1) is 18.3 Å². The predicted molar refractivity (Wildman–Crippen MR) is 169 cm³/mol. The number of halogens is 3. The Labute approximate surface area is 261 Å². The van der Waals surface area contributed by atoms with Crippen LogP contribution in [0.1, 0.15) is 30.9 Å². The zero-order chi connectivity index (χ0) is 32.5. The zero-order valence-electron chi connectivity index (χ0n) is 25.1. The molecule has 0 unspecified atom stereocenters. The highest BCUT2D eigenvalue weighted by Gasteiger charge is 2.33. The van der Waals surface area contributed by atoms with E-state index >= 15 is 0 Å². The van der Waals surface area contributed by atoms with Crippen LogP contribution < -0.4 is 19.9 Å². The molecule has 3 amide bonds. The molecule has 1 aliphatic heterocycles. The first kappa shape index (κ1) is 31.6. The summed E-state index contributed by atoms with van der Waals surface area (Å²) in [7, 11) is 3.84. The van der Waals surface area contributed by atoms with Crippen LogP contribution in [0.15, 0.2) is 72.0 Å². The highest BCUT2D eigenvalue weighted by molar-refractivity contribution is 8.15. The molecule has 10 nitrogen and oxygen atoms in total. The van der Waals surface area contributed by atoms with Gasteiger partial charge in [0.2, 0.25) is 5.91 Å². The van der Waals surface area contributed by atoms with Gasteiger partial charge in [0, 0.05) is 31.0 Å². The van der Waals surface area contributed by atoms with Crippen LogP contribution in [0.4, 0.5) is 35.0 Å². The lowest BCUT2D eigenvalue weighted by Crippen LogP contribution is -2.31. The molecule has 0 spiro atoms. The lowest BCUT2D eigenvalue weighted by molar-refractivity contribution is -0.274. The number of rotatable bonds is 7. The van der Waals surface area contributed by atoms with E-state index in [-0.39, 0.29) is 23.3 Å². The Morgan fingerprint density at radius 2 is 1.82 bits per heavy atom. The molecule has 3 aromatic carbocycles. The number of ether oxygens (including phenoxy) is 1. The van der Waals surface area contributed by atoms with Crippen molar-refractivity contribution in [1.82, 2.24) is 14.8 Å². The van der Waals surface area contributed by atoms with Crippen molar-refractivity contribution < 1.29 is 27.5 Å². The van der Waals surface area contributed by atoms with Crippen LogP contribution in [-0.4, -0.2) is 58.1 Å². The minimum atomic E-state index is -4.77. The van der Waals surface area contributed by atoms with Crippen molar-refractivity contribution in [3.05, 3.63) is 78.1 Å². The quantitative estimate of drug-likeness (QED) is 0.233. The van der Waals surface area contributed by atoms with Gasteiger partial charge in [-0.1, -0.05) is 31.7 Å². The number of nitrogens with zero attached hydrogens (tertiary/aromatic N) is 6. The summed E-state index contributed by atoms with van der Waals surface area (Å²) in [5.74, 6) is 0.209. The van der Waals surface area contributed by atoms with Crippen molar-refractivity contribution in [1.29, 1.82) is 0 Å². The number of thioether (sulfide) groups is 1. The lowest BCUT2D eigenvalue weighted by atomic mass is 9.99. The number of hydrogen-bond acceptors (Lipinski definition) is 7. The molecule has 0 saturated carbocycles. The van der Waals surface area contributed by atoms with Crippen molar-refractivity contribution in [2.45, 2.75) is 33.1 Å². The van der Waals surface area contributed by atoms with Gasteiger partial charge in [0.25, 0.3) is 0 Å². The van der Waals surface area contributed by atoms with E-state index in [2.05, 4.69) is 25.1 Å². The molecule has 1 aliphatic rings. The fourth-order valence-corrected chi connectivity index (χ4v) is 5.53. The number of benzene rings is 3. The van der Waals surface area contributed by atoms with Crippen LogP contribution in [0.25, 0.3) is 17.1 Å². The standard InChI is InChI=1S/C31H30F3N7O3S/c1-18(2)24-12-9-22(39(4)5)15-26(24)41-27(42)16-45-30(41)37-29(43)36-25-13-6-20(14-19(25)3)28-35-17-40(38-28)21-7-10-23(11-8-21)44-31(32,33)34/h6-15,17-18H,16H2,1-5H3,(H,36,43)/b37-30-. The van der Waals surface area contributed by atoms with Crippen molar-refractivity contribution in [2.75, 3.05) is 35.0 Å². The monoisotopic (exact) mass is 637 g/mol. The average Bonchev–Trinajstić information content (AvgIpc) is 3.60. The minimum absolute atomic E-state index is 0.144. The Morgan fingerprint density at radius 3 is 2.47 bits per heavy atom. The number of amides is 3. The highest BCUT2D eigenvalue weighted by atomic mass is 32.2. The van der Waals surface area contributed by atoms with Gasteiger partial charge < -0.3 is 15.0 Å². The van der Waals surface area contributed by atoms with E-state index in [0.717, 1.165) is 16.8 Å². The first-order valence-electron chi connectivity index (χ1n) is 13.8. The molecule has 4 aromatic rings. The molecule has 1 saturated heterocycles. The molecule has 2 heterocycles. The fraction of sp³-hybridized carbons (Fsp3) is 0.258. The van der Waals surface area contributed by atoms with E-state index < -0.39 is 12.4 Å². The molecule has 0 aliphatic carbocycles. The number of aryl methyl sites for hydroxylation is 1. The molecule has 1 N–H and O–H groups in total. The molecule has 1 fully saturated rings. The summed E-state index contributed by atoms with van der Waals surface area (Å²) < 4.78 is 42.7. The van der Waals surface area contributed by atoms with Gasteiger partial charge in [-0.25, -0.2) is 14.5 Å². The topological polar surface area (TPSA) is 105 Å². The second-order valence-electron chi connectivity index (χ2n) is 10.7. The molecule has 5 rings (SSSR count). The largest absolute Gasteiger partial charge is 0.573 e. The smallest absolute Gasteiger partial charge is 0.406 e. The van der Waals surface area contributed by atoms with Gasteiger partial charge in [-0.05, 0) is 78.6 Å². The SMILES string of the molecule is Cc1cc(-c2ncn(-c3ccc(OC(F)(F)F)cc3)n2)ccc1NC(=O)/N=C1\SCC(=O)N1c1cc(N(C)C)ccc1C(C)C. The maximum Gasteiger partial charge on any atom is 0.573 e. The van der Waals surface area contributed by atoms with Crippen molar-refractivity contribution in [3.63, 3.8) is 0 Å². The molecular weight excluding hydrogens is 607 g/mol. The molecule has 14 heteroatoms. The maximum atomic E-state index is 13.1. The third kappa shape index (κ3) is 7.28.